The molecule has 1 amide bonds. The smallest absolute Gasteiger partial charge is 0.255 e. The van der Waals surface area contributed by atoms with Crippen molar-refractivity contribution in [3.05, 3.63) is 53.6 Å². The minimum absolute atomic E-state index is 0.175. The second-order valence-electron chi connectivity index (χ2n) is 7.24. The summed E-state index contributed by atoms with van der Waals surface area (Å²) in [5.41, 5.74) is 4.10. The molecule has 0 unspecified atom stereocenters. The number of hydrogen-bond acceptors (Lipinski definition) is 4. The van der Waals surface area contributed by atoms with E-state index in [0.717, 1.165) is 43.2 Å². The first-order valence-electron chi connectivity index (χ1n) is 9.70. The summed E-state index contributed by atoms with van der Waals surface area (Å²) < 4.78 is 0. The maximum Gasteiger partial charge on any atom is 0.255 e. The molecule has 5 heteroatoms. The van der Waals surface area contributed by atoms with Crippen LogP contribution in [0.15, 0.2) is 42.5 Å². The number of carbonyl (C=O) groups excluding carboxylic acids is 1. The first kappa shape index (κ1) is 17.4. The topological polar surface area (TPSA) is 59.4 Å². The Morgan fingerprint density at radius 3 is 2.33 bits per heavy atom. The van der Waals surface area contributed by atoms with Crippen LogP contribution in [-0.2, 0) is 0 Å². The second-order valence-corrected chi connectivity index (χ2v) is 7.24. The molecular formula is C22H24N4O. The van der Waals surface area contributed by atoms with Crippen molar-refractivity contribution in [2.75, 3.05) is 41.3 Å². The van der Waals surface area contributed by atoms with Crippen LogP contribution in [0.5, 0.6) is 0 Å². The molecule has 0 aliphatic carbocycles. The van der Waals surface area contributed by atoms with E-state index in [1.54, 1.807) is 24.3 Å². The number of nitrogens with one attached hydrogen (secondary N) is 1. The van der Waals surface area contributed by atoms with Crippen molar-refractivity contribution in [1.82, 2.24) is 0 Å². The van der Waals surface area contributed by atoms with Crippen molar-refractivity contribution in [2.24, 2.45) is 0 Å². The van der Waals surface area contributed by atoms with Gasteiger partial charge in [0, 0.05) is 37.4 Å². The summed E-state index contributed by atoms with van der Waals surface area (Å²) in [6, 6.07) is 15.3. The van der Waals surface area contributed by atoms with Crippen LogP contribution in [0, 0.1) is 11.3 Å². The molecule has 0 spiro atoms. The Bertz CT molecular complexity index is 874. The van der Waals surface area contributed by atoms with Crippen molar-refractivity contribution in [2.45, 2.75) is 25.7 Å². The van der Waals surface area contributed by atoms with E-state index in [0.29, 0.717) is 11.1 Å². The van der Waals surface area contributed by atoms with Crippen LogP contribution < -0.4 is 15.1 Å². The molecule has 138 valence electrons. The standard InChI is InChI=1S/C22H24N4O/c23-16-17-6-5-7-18(14-17)22(27)24-20-15-19(25-10-1-2-11-25)8-9-21(20)26-12-3-4-13-26/h5-9,14-15H,1-4,10-13H2,(H,24,27). The van der Waals surface area contributed by atoms with E-state index >= 15 is 0 Å². The van der Waals surface area contributed by atoms with E-state index in [4.69, 9.17) is 5.26 Å². The molecule has 5 nitrogen and oxygen atoms in total. The van der Waals surface area contributed by atoms with Gasteiger partial charge >= 0.3 is 0 Å². The average molecular weight is 360 g/mol. The number of carbonyl (C=O) groups is 1. The molecule has 2 saturated heterocycles. The monoisotopic (exact) mass is 360 g/mol. The van der Waals surface area contributed by atoms with E-state index in [1.165, 1.54) is 25.7 Å². The molecule has 0 bridgehead atoms. The van der Waals surface area contributed by atoms with Gasteiger partial charge in [0.15, 0.2) is 0 Å². The third kappa shape index (κ3) is 3.75. The molecule has 2 aromatic rings. The number of benzene rings is 2. The van der Waals surface area contributed by atoms with Gasteiger partial charge in [-0.2, -0.15) is 5.26 Å². The predicted molar refractivity (Wildman–Crippen MR) is 108 cm³/mol. The highest BCUT2D eigenvalue weighted by Gasteiger charge is 2.20. The maximum atomic E-state index is 12.8. The third-order valence-electron chi connectivity index (χ3n) is 5.40. The Labute approximate surface area is 160 Å². The van der Waals surface area contributed by atoms with E-state index in [9.17, 15) is 4.79 Å². The SMILES string of the molecule is N#Cc1cccc(C(=O)Nc2cc(N3CCCC3)ccc2N2CCCC2)c1. The molecule has 0 aromatic heterocycles. The van der Waals surface area contributed by atoms with Gasteiger partial charge in [0.1, 0.15) is 0 Å². The highest BCUT2D eigenvalue weighted by Crippen LogP contribution is 2.34. The lowest BCUT2D eigenvalue weighted by Crippen LogP contribution is -2.23. The lowest BCUT2D eigenvalue weighted by Gasteiger charge is -2.25. The Balaban J connectivity index is 1.64. The van der Waals surface area contributed by atoms with E-state index in [2.05, 4.69) is 39.4 Å². The van der Waals surface area contributed by atoms with E-state index in [-0.39, 0.29) is 5.91 Å². The van der Waals surface area contributed by atoms with Gasteiger partial charge in [0.05, 0.1) is 23.0 Å². The molecular weight excluding hydrogens is 336 g/mol. The van der Waals surface area contributed by atoms with E-state index < -0.39 is 0 Å². The number of anilines is 3. The summed E-state index contributed by atoms with van der Waals surface area (Å²) in [6.07, 6.45) is 4.81. The zero-order valence-electron chi connectivity index (χ0n) is 15.4. The van der Waals surface area contributed by atoms with Crippen molar-refractivity contribution >= 4 is 23.0 Å². The fraction of sp³-hybridized carbons (Fsp3) is 0.364. The van der Waals surface area contributed by atoms with Crippen molar-refractivity contribution in [3.63, 3.8) is 0 Å². The zero-order chi connectivity index (χ0) is 18.6. The summed E-state index contributed by atoms with van der Waals surface area (Å²) in [7, 11) is 0. The third-order valence-corrected chi connectivity index (χ3v) is 5.40. The van der Waals surface area contributed by atoms with Gasteiger partial charge in [-0.3, -0.25) is 4.79 Å². The van der Waals surface area contributed by atoms with Crippen molar-refractivity contribution in [3.8, 4) is 6.07 Å². The lowest BCUT2D eigenvalue weighted by atomic mass is 10.1. The summed E-state index contributed by atoms with van der Waals surface area (Å²) >= 11 is 0. The summed E-state index contributed by atoms with van der Waals surface area (Å²) in [5, 5.41) is 12.2. The molecule has 4 rings (SSSR count). The molecule has 0 atom stereocenters. The molecule has 2 fully saturated rings. The van der Waals surface area contributed by atoms with Gasteiger partial charge < -0.3 is 15.1 Å². The Hall–Kier alpha value is -3.00. The number of hydrogen-bond donors (Lipinski definition) is 1. The van der Waals surface area contributed by atoms with Crippen molar-refractivity contribution < 1.29 is 4.79 Å². The van der Waals surface area contributed by atoms with Gasteiger partial charge in [-0.25, -0.2) is 0 Å². The van der Waals surface area contributed by atoms with Gasteiger partial charge in [0.25, 0.3) is 5.91 Å². The summed E-state index contributed by atoms with van der Waals surface area (Å²) in [4.78, 5) is 17.5. The Morgan fingerprint density at radius 1 is 0.926 bits per heavy atom. The highest BCUT2D eigenvalue weighted by molar-refractivity contribution is 6.06. The molecule has 2 aliphatic heterocycles. The number of amides is 1. The predicted octanol–water partition coefficient (Wildman–Crippen LogP) is 4.01. The van der Waals surface area contributed by atoms with E-state index in [1.807, 2.05) is 0 Å². The minimum Gasteiger partial charge on any atom is -0.371 e. The van der Waals surface area contributed by atoms with Crippen LogP contribution >= 0.6 is 0 Å². The maximum absolute atomic E-state index is 12.8. The van der Waals surface area contributed by atoms with Crippen LogP contribution in [0.25, 0.3) is 0 Å². The number of rotatable bonds is 4. The molecule has 2 aliphatic rings. The van der Waals surface area contributed by atoms with Crippen molar-refractivity contribution in [1.29, 1.82) is 5.26 Å². The molecule has 27 heavy (non-hydrogen) atoms. The Morgan fingerprint density at radius 2 is 1.63 bits per heavy atom. The zero-order valence-corrected chi connectivity index (χ0v) is 15.4. The molecule has 0 radical (unpaired) electrons. The van der Waals surface area contributed by atoms with Crippen LogP contribution in [0.3, 0.4) is 0 Å². The lowest BCUT2D eigenvalue weighted by molar-refractivity contribution is 0.102. The molecule has 0 saturated carbocycles. The molecule has 2 heterocycles. The second kappa shape index (κ2) is 7.71. The quantitative estimate of drug-likeness (QED) is 0.895. The normalized spacial score (nSPS) is 16.4. The van der Waals surface area contributed by atoms with Gasteiger partial charge in [-0.1, -0.05) is 6.07 Å². The largest absolute Gasteiger partial charge is 0.371 e. The first-order chi connectivity index (χ1) is 13.2. The van der Waals surface area contributed by atoms with Crippen LogP contribution in [0.4, 0.5) is 17.1 Å². The summed E-state index contributed by atoms with van der Waals surface area (Å²) in [5.74, 6) is -0.175. The molecule has 2 aromatic carbocycles. The minimum atomic E-state index is -0.175. The van der Waals surface area contributed by atoms with Crippen LogP contribution in [0.1, 0.15) is 41.6 Å². The van der Waals surface area contributed by atoms with Crippen LogP contribution in [0.2, 0.25) is 0 Å². The highest BCUT2D eigenvalue weighted by atomic mass is 16.1. The van der Waals surface area contributed by atoms with Crippen LogP contribution in [-0.4, -0.2) is 32.1 Å². The van der Waals surface area contributed by atoms with Gasteiger partial charge in [-0.15, -0.1) is 0 Å². The summed E-state index contributed by atoms with van der Waals surface area (Å²) in [6.45, 7) is 4.19. The number of nitrogens with zero attached hydrogens (tertiary/aromatic N) is 3. The fourth-order valence-electron chi connectivity index (χ4n) is 3.95. The fourth-order valence-corrected chi connectivity index (χ4v) is 3.95. The first-order valence-corrected chi connectivity index (χ1v) is 9.70. The Kier molecular flexibility index (Phi) is 4.97. The van der Waals surface area contributed by atoms with Gasteiger partial charge in [-0.05, 0) is 62.1 Å². The van der Waals surface area contributed by atoms with Gasteiger partial charge in [0.2, 0.25) is 0 Å². The average Bonchev–Trinajstić information content (AvgIpc) is 3.42. The number of nitriles is 1. The molecule has 1 N–H and O–H groups in total.